The predicted octanol–water partition coefficient (Wildman–Crippen LogP) is 4.38. The zero-order valence-corrected chi connectivity index (χ0v) is 12.0. The fourth-order valence-corrected chi connectivity index (χ4v) is 1.95. The van der Waals surface area contributed by atoms with Crippen molar-refractivity contribution in [2.24, 2.45) is 5.92 Å². The highest BCUT2D eigenvalue weighted by atomic mass is 16.7. The molecule has 0 radical (unpaired) electrons. The molecule has 0 aliphatic carbocycles. The van der Waals surface area contributed by atoms with Gasteiger partial charge in [-0.25, -0.2) is 0 Å². The summed E-state index contributed by atoms with van der Waals surface area (Å²) in [5, 5.41) is 0. The molecule has 2 nitrogen and oxygen atoms in total. The number of hydrogen-bond acceptors (Lipinski definition) is 2. The second-order valence-electron chi connectivity index (χ2n) is 5.08. The highest BCUT2D eigenvalue weighted by molar-refractivity contribution is 4.65. The van der Waals surface area contributed by atoms with Crippen LogP contribution < -0.4 is 0 Å². The standard InChI is InChI=1S/C14H30O2/c1-7-9-13(10-8-2)14(15-11(3)4)16-12(5)6/h11-14H,7-10H2,1-6H3. The van der Waals surface area contributed by atoms with Crippen molar-refractivity contribution in [1.29, 1.82) is 0 Å². The van der Waals surface area contributed by atoms with Crippen LogP contribution in [0.4, 0.5) is 0 Å². The first-order valence-corrected chi connectivity index (χ1v) is 6.82. The second-order valence-corrected chi connectivity index (χ2v) is 5.08. The van der Waals surface area contributed by atoms with Gasteiger partial charge in [0.2, 0.25) is 0 Å². The Morgan fingerprint density at radius 2 is 1.12 bits per heavy atom. The van der Waals surface area contributed by atoms with E-state index >= 15 is 0 Å². The van der Waals surface area contributed by atoms with E-state index in [1.807, 2.05) is 0 Å². The van der Waals surface area contributed by atoms with E-state index in [0.29, 0.717) is 5.92 Å². The van der Waals surface area contributed by atoms with Crippen molar-refractivity contribution in [3.63, 3.8) is 0 Å². The molecular formula is C14H30O2. The summed E-state index contributed by atoms with van der Waals surface area (Å²) in [7, 11) is 0. The molecule has 0 rings (SSSR count). The van der Waals surface area contributed by atoms with Crippen molar-refractivity contribution in [2.45, 2.75) is 85.7 Å². The summed E-state index contributed by atoms with van der Waals surface area (Å²) in [5.74, 6) is 0.541. The van der Waals surface area contributed by atoms with Crippen molar-refractivity contribution in [1.82, 2.24) is 0 Å². The van der Waals surface area contributed by atoms with Gasteiger partial charge in [0.1, 0.15) is 0 Å². The number of hydrogen-bond donors (Lipinski definition) is 0. The lowest BCUT2D eigenvalue weighted by molar-refractivity contribution is -0.209. The summed E-state index contributed by atoms with van der Waals surface area (Å²) in [4.78, 5) is 0. The van der Waals surface area contributed by atoms with Gasteiger partial charge in [-0.15, -0.1) is 0 Å². The van der Waals surface area contributed by atoms with E-state index in [0.717, 1.165) is 0 Å². The maximum absolute atomic E-state index is 5.91. The van der Waals surface area contributed by atoms with E-state index < -0.39 is 0 Å². The Balaban J connectivity index is 4.39. The highest BCUT2D eigenvalue weighted by Gasteiger charge is 2.23. The van der Waals surface area contributed by atoms with Crippen LogP contribution in [0.5, 0.6) is 0 Å². The molecule has 0 aromatic carbocycles. The highest BCUT2D eigenvalue weighted by Crippen LogP contribution is 2.23. The second kappa shape index (κ2) is 9.00. The van der Waals surface area contributed by atoms with E-state index in [-0.39, 0.29) is 18.5 Å². The van der Waals surface area contributed by atoms with Gasteiger partial charge >= 0.3 is 0 Å². The maximum atomic E-state index is 5.91. The van der Waals surface area contributed by atoms with Crippen LogP contribution in [-0.2, 0) is 9.47 Å². The molecule has 0 aromatic rings. The Morgan fingerprint density at radius 1 is 0.750 bits per heavy atom. The van der Waals surface area contributed by atoms with Gasteiger partial charge in [-0.05, 0) is 40.5 Å². The molecule has 0 amide bonds. The van der Waals surface area contributed by atoms with Gasteiger partial charge in [0.15, 0.2) is 6.29 Å². The first-order chi connectivity index (χ1) is 7.51. The van der Waals surface area contributed by atoms with Crippen molar-refractivity contribution < 1.29 is 9.47 Å². The van der Waals surface area contributed by atoms with Gasteiger partial charge in [0.25, 0.3) is 0 Å². The third-order valence-corrected chi connectivity index (χ3v) is 2.52. The molecule has 0 saturated carbocycles. The normalized spacial score (nSPS) is 12.4. The zero-order valence-electron chi connectivity index (χ0n) is 12.0. The average molecular weight is 230 g/mol. The van der Waals surface area contributed by atoms with E-state index in [4.69, 9.17) is 9.47 Å². The minimum atomic E-state index is -0.0279. The maximum Gasteiger partial charge on any atom is 0.161 e. The summed E-state index contributed by atoms with van der Waals surface area (Å²) >= 11 is 0. The van der Waals surface area contributed by atoms with Crippen LogP contribution in [0.15, 0.2) is 0 Å². The Bertz CT molecular complexity index is 139. The third-order valence-electron chi connectivity index (χ3n) is 2.52. The van der Waals surface area contributed by atoms with Crippen LogP contribution in [0.2, 0.25) is 0 Å². The van der Waals surface area contributed by atoms with Crippen molar-refractivity contribution in [2.75, 3.05) is 0 Å². The van der Waals surface area contributed by atoms with Crippen LogP contribution >= 0.6 is 0 Å². The first kappa shape index (κ1) is 15.9. The zero-order chi connectivity index (χ0) is 12.6. The fourth-order valence-electron chi connectivity index (χ4n) is 1.95. The Hall–Kier alpha value is -0.0800. The molecule has 2 heteroatoms. The largest absolute Gasteiger partial charge is 0.350 e. The predicted molar refractivity (Wildman–Crippen MR) is 69.5 cm³/mol. The summed E-state index contributed by atoms with van der Waals surface area (Å²) < 4.78 is 11.8. The monoisotopic (exact) mass is 230 g/mol. The van der Waals surface area contributed by atoms with E-state index in [9.17, 15) is 0 Å². The summed E-state index contributed by atoms with van der Waals surface area (Å²) in [6.07, 6.45) is 5.23. The molecule has 98 valence electrons. The van der Waals surface area contributed by atoms with E-state index in [1.54, 1.807) is 0 Å². The van der Waals surface area contributed by atoms with Crippen LogP contribution in [0.1, 0.15) is 67.2 Å². The average Bonchev–Trinajstić information content (AvgIpc) is 2.15. The minimum absolute atomic E-state index is 0.0279. The van der Waals surface area contributed by atoms with Crippen LogP contribution in [-0.4, -0.2) is 18.5 Å². The van der Waals surface area contributed by atoms with Gasteiger partial charge in [0.05, 0.1) is 12.2 Å². The smallest absolute Gasteiger partial charge is 0.161 e. The van der Waals surface area contributed by atoms with Crippen LogP contribution in [0, 0.1) is 5.92 Å². The van der Waals surface area contributed by atoms with Crippen molar-refractivity contribution in [3.8, 4) is 0 Å². The fraction of sp³-hybridized carbons (Fsp3) is 1.00. The molecule has 0 fully saturated rings. The third kappa shape index (κ3) is 7.24. The van der Waals surface area contributed by atoms with Gasteiger partial charge in [-0.1, -0.05) is 26.7 Å². The Labute approximate surface area is 102 Å². The molecule has 0 aliphatic rings. The lowest BCUT2D eigenvalue weighted by Gasteiger charge is -2.30. The van der Waals surface area contributed by atoms with Crippen molar-refractivity contribution >= 4 is 0 Å². The molecule has 0 heterocycles. The van der Waals surface area contributed by atoms with E-state index in [2.05, 4.69) is 41.5 Å². The van der Waals surface area contributed by atoms with Crippen LogP contribution in [0.3, 0.4) is 0 Å². The van der Waals surface area contributed by atoms with Gasteiger partial charge in [-0.2, -0.15) is 0 Å². The lowest BCUT2D eigenvalue weighted by atomic mass is 9.97. The molecule has 0 aliphatic heterocycles. The van der Waals surface area contributed by atoms with Gasteiger partial charge < -0.3 is 9.47 Å². The Morgan fingerprint density at radius 3 is 1.38 bits per heavy atom. The Kier molecular flexibility index (Phi) is 8.96. The molecule has 0 spiro atoms. The summed E-state index contributed by atoms with van der Waals surface area (Å²) in [6.45, 7) is 12.8. The number of ether oxygens (including phenoxy) is 2. The quantitative estimate of drug-likeness (QED) is 0.547. The topological polar surface area (TPSA) is 18.5 Å². The molecule has 0 atom stereocenters. The molecule has 0 aromatic heterocycles. The van der Waals surface area contributed by atoms with E-state index in [1.165, 1.54) is 25.7 Å². The first-order valence-electron chi connectivity index (χ1n) is 6.82. The minimum Gasteiger partial charge on any atom is -0.350 e. The molecule has 0 bridgehead atoms. The van der Waals surface area contributed by atoms with Crippen LogP contribution in [0.25, 0.3) is 0 Å². The summed E-state index contributed by atoms with van der Waals surface area (Å²) in [6, 6.07) is 0. The SMILES string of the molecule is CCCC(CCC)C(OC(C)C)OC(C)C. The molecular weight excluding hydrogens is 200 g/mol. The molecule has 0 unspecified atom stereocenters. The lowest BCUT2D eigenvalue weighted by Crippen LogP contribution is -2.32. The summed E-state index contributed by atoms with van der Waals surface area (Å²) in [5.41, 5.74) is 0. The van der Waals surface area contributed by atoms with Gasteiger partial charge in [-0.3, -0.25) is 0 Å². The van der Waals surface area contributed by atoms with Gasteiger partial charge in [0, 0.05) is 5.92 Å². The molecule has 0 N–H and O–H groups in total. The van der Waals surface area contributed by atoms with Crippen molar-refractivity contribution in [3.05, 3.63) is 0 Å². The molecule has 0 saturated heterocycles. The number of rotatable bonds is 9. The molecule has 16 heavy (non-hydrogen) atoms.